The van der Waals surface area contributed by atoms with Crippen LogP contribution < -0.4 is 11.1 Å². The number of nitrogens with two attached hydrogens (primary N) is 1. The summed E-state index contributed by atoms with van der Waals surface area (Å²) in [6.07, 6.45) is 1.87. The minimum Gasteiger partial charge on any atom is -0.329 e. The summed E-state index contributed by atoms with van der Waals surface area (Å²) in [5.74, 6) is 0. The van der Waals surface area contributed by atoms with E-state index in [1.54, 1.807) is 0 Å². The fraction of sp³-hybridized carbons (Fsp3) is 0.545. The Morgan fingerprint density at radius 1 is 1.73 bits per heavy atom. The van der Waals surface area contributed by atoms with Gasteiger partial charge < -0.3 is 11.1 Å². The van der Waals surface area contributed by atoms with Crippen LogP contribution in [0.25, 0.3) is 0 Å². The molecule has 0 aromatic carbocycles. The third kappa shape index (κ3) is 2.91. The second-order valence-corrected chi connectivity index (χ2v) is 3.94. The number of nitrogens with zero attached hydrogens (tertiary/aromatic N) is 2. The van der Waals surface area contributed by atoms with E-state index in [1.807, 2.05) is 31.8 Å². The van der Waals surface area contributed by atoms with Gasteiger partial charge in [-0.1, -0.05) is 12.2 Å². The van der Waals surface area contributed by atoms with Crippen molar-refractivity contribution >= 4 is 0 Å². The number of nitrogens with one attached hydrogen (secondary N) is 1. The van der Waals surface area contributed by atoms with Crippen LogP contribution >= 0.6 is 0 Å². The molecular formula is C11H20N4. The van der Waals surface area contributed by atoms with Gasteiger partial charge in [0.1, 0.15) is 0 Å². The molecule has 1 rings (SSSR count). The molecule has 3 N–H and O–H groups in total. The van der Waals surface area contributed by atoms with Crippen LogP contribution in [0, 0.1) is 6.92 Å². The summed E-state index contributed by atoms with van der Waals surface area (Å²) < 4.78 is 1.86. The van der Waals surface area contributed by atoms with Crippen LogP contribution in [0.15, 0.2) is 18.3 Å². The van der Waals surface area contributed by atoms with Gasteiger partial charge in [0.15, 0.2) is 0 Å². The Balaban J connectivity index is 2.74. The van der Waals surface area contributed by atoms with Crippen molar-refractivity contribution in [1.29, 1.82) is 0 Å². The smallest absolute Gasteiger partial charge is 0.0540 e. The van der Waals surface area contributed by atoms with Gasteiger partial charge >= 0.3 is 0 Å². The maximum atomic E-state index is 5.74. The van der Waals surface area contributed by atoms with Crippen molar-refractivity contribution < 1.29 is 0 Å². The Morgan fingerprint density at radius 3 is 2.80 bits per heavy atom. The van der Waals surface area contributed by atoms with Gasteiger partial charge in [-0.15, -0.1) is 0 Å². The van der Waals surface area contributed by atoms with Crippen LogP contribution in [0.1, 0.15) is 24.2 Å². The van der Waals surface area contributed by atoms with Crippen LogP contribution in [0.2, 0.25) is 0 Å². The molecule has 1 heterocycles. The van der Waals surface area contributed by atoms with Gasteiger partial charge in [0, 0.05) is 37.4 Å². The molecule has 0 aliphatic heterocycles. The Morgan fingerprint density at radius 2 is 2.40 bits per heavy atom. The summed E-state index contributed by atoms with van der Waals surface area (Å²) in [5, 5.41) is 7.57. The molecule has 0 radical (unpaired) electrons. The highest BCUT2D eigenvalue weighted by atomic mass is 15.3. The van der Waals surface area contributed by atoms with E-state index in [2.05, 4.69) is 17.0 Å². The Labute approximate surface area is 91.2 Å². The van der Waals surface area contributed by atoms with Crippen molar-refractivity contribution in [3.05, 3.63) is 29.6 Å². The van der Waals surface area contributed by atoms with Gasteiger partial charge in [-0.3, -0.25) is 4.68 Å². The third-order valence-corrected chi connectivity index (χ3v) is 2.53. The van der Waals surface area contributed by atoms with Crippen LogP contribution in [0.3, 0.4) is 0 Å². The summed E-state index contributed by atoms with van der Waals surface area (Å²) in [6, 6.07) is 0.162. The predicted octanol–water partition coefficient (Wildman–Crippen LogP) is 0.894. The molecule has 1 aromatic heterocycles. The summed E-state index contributed by atoms with van der Waals surface area (Å²) in [4.78, 5) is 0. The molecule has 0 amide bonds. The van der Waals surface area contributed by atoms with Crippen molar-refractivity contribution in [2.75, 3.05) is 13.1 Å². The van der Waals surface area contributed by atoms with E-state index in [1.165, 1.54) is 5.56 Å². The minimum atomic E-state index is 0.162. The van der Waals surface area contributed by atoms with Gasteiger partial charge in [-0.2, -0.15) is 5.10 Å². The van der Waals surface area contributed by atoms with E-state index < -0.39 is 0 Å². The lowest BCUT2D eigenvalue weighted by Crippen LogP contribution is -2.29. The highest BCUT2D eigenvalue weighted by Gasteiger charge is 2.14. The van der Waals surface area contributed by atoms with E-state index in [4.69, 9.17) is 5.73 Å². The fourth-order valence-electron chi connectivity index (χ4n) is 1.48. The molecule has 0 spiro atoms. The molecule has 1 aromatic rings. The third-order valence-electron chi connectivity index (χ3n) is 2.53. The lowest BCUT2D eigenvalue weighted by molar-refractivity contribution is 0.565. The van der Waals surface area contributed by atoms with Crippen molar-refractivity contribution in [3.63, 3.8) is 0 Å². The van der Waals surface area contributed by atoms with E-state index in [0.29, 0.717) is 6.54 Å². The molecule has 4 nitrogen and oxygen atoms in total. The highest BCUT2D eigenvalue weighted by molar-refractivity contribution is 5.21. The topological polar surface area (TPSA) is 55.9 Å². The van der Waals surface area contributed by atoms with Crippen molar-refractivity contribution in [3.8, 4) is 0 Å². The molecule has 1 unspecified atom stereocenters. The van der Waals surface area contributed by atoms with Crippen molar-refractivity contribution in [2.24, 2.45) is 12.8 Å². The molecule has 0 fully saturated rings. The predicted molar refractivity (Wildman–Crippen MR) is 62.6 cm³/mol. The first-order valence-corrected chi connectivity index (χ1v) is 5.12. The zero-order valence-corrected chi connectivity index (χ0v) is 9.75. The zero-order valence-electron chi connectivity index (χ0n) is 9.75. The van der Waals surface area contributed by atoms with Gasteiger partial charge in [0.25, 0.3) is 0 Å². The SMILES string of the molecule is C=C(C)CNC(CN)c1cnn(C)c1C. The molecule has 0 aliphatic carbocycles. The molecule has 0 bridgehead atoms. The lowest BCUT2D eigenvalue weighted by atomic mass is 10.1. The monoisotopic (exact) mass is 208 g/mol. The molecule has 1 atom stereocenters. The number of aryl methyl sites for hydroxylation is 1. The molecule has 84 valence electrons. The fourth-order valence-corrected chi connectivity index (χ4v) is 1.48. The Bertz CT molecular complexity index is 340. The van der Waals surface area contributed by atoms with E-state index >= 15 is 0 Å². The normalized spacial score (nSPS) is 12.8. The first kappa shape index (κ1) is 11.9. The van der Waals surface area contributed by atoms with E-state index in [0.717, 1.165) is 17.8 Å². The molecule has 4 heteroatoms. The van der Waals surface area contributed by atoms with Crippen molar-refractivity contribution in [2.45, 2.75) is 19.9 Å². The maximum absolute atomic E-state index is 5.74. The van der Waals surface area contributed by atoms with Crippen LogP contribution in [-0.4, -0.2) is 22.9 Å². The van der Waals surface area contributed by atoms with E-state index in [-0.39, 0.29) is 6.04 Å². The Hall–Kier alpha value is -1.13. The summed E-state index contributed by atoms with van der Waals surface area (Å²) in [6.45, 7) is 9.26. The van der Waals surface area contributed by atoms with Gasteiger partial charge in [-0.25, -0.2) is 0 Å². The largest absolute Gasteiger partial charge is 0.329 e. The Kier molecular flexibility index (Phi) is 4.05. The van der Waals surface area contributed by atoms with Crippen LogP contribution in [-0.2, 0) is 7.05 Å². The standard InChI is InChI=1S/C11H20N4/c1-8(2)6-13-11(5-12)10-7-14-15(4)9(10)3/h7,11,13H,1,5-6,12H2,2-4H3. The van der Waals surface area contributed by atoms with Crippen LogP contribution in [0.5, 0.6) is 0 Å². The molecular weight excluding hydrogens is 188 g/mol. The number of hydrogen-bond donors (Lipinski definition) is 2. The average molecular weight is 208 g/mol. The summed E-state index contributed by atoms with van der Waals surface area (Å²) >= 11 is 0. The average Bonchev–Trinajstić information content (AvgIpc) is 2.50. The first-order valence-electron chi connectivity index (χ1n) is 5.12. The molecule has 0 aliphatic rings. The lowest BCUT2D eigenvalue weighted by Gasteiger charge is -2.16. The number of hydrogen-bond acceptors (Lipinski definition) is 3. The second kappa shape index (κ2) is 5.09. The zero-order chi connectivity index (χ0) is 11.4. The first-order chi connectivity index (χ1) is 7.06. The maximum Gasteiger partial charge on any atom is 0.0540 e. The number of aromatic nitrogens is 2. The molecule has 0 saturated carbocycles. The quantitative estimate of drug-likeness (QED) is 0.707. The second-order valence-electron chi connectivity index (χ2n) is 3.94. The highest BCUT2D eigenvalue weighted by Crippen LogP contribution is 2.15. The summed E-state index contributed by atoms with van der Waals surface area (Å²) in [5.41, 5.74) is 9.17. The van der Waals surface area contributed by atoms with Crippen LogP contribution in [0.4, 0.5) is 0 Å². The van der Waals surface area contributed by atoms with E-state index in [9.17, 15) is 0 Å². The summed E-state index contributed by atoms with van der Waals surface area (Å²) in [7, 11) is 1.94. The van der Waals surface area contributed by atoms with Gasteiger partial charge in [0.05, 0.1) is 6.20 Å². The molecule has 0 saturated heterocycles. The minimum absolute atomic E-state index is 0.162. The van der Waals surface area contributed by atoms with Crippen molar-refractivity contribution in [1.82, 2.24) is 15.1 Å². The van der Waals surface area contributed by atoms with Gasteiger partial charge in [-0.05, 0) is 13.8 Å². The van der Waals surface area contributed by atoms with Gasteiger partial charge in [0.2, 0.25) is 0 Å². The molecule has 15 heavy (non-hydrogen) atoms. The number of rotatable bonds is 5.